The molecule has 2 aromatic rings. The van der Waals surface area contributed by atoms with E-state index < -0.39 is 0 Å². The highest BCUT2D eigenvalue weighted by atomic mass is 16.5. The Kier molecular flexibility index (Phi) is 6.48. The molecule has 0 fully saturated rings. The number of nitrogens with zero attached hydrogens (tertiary/aromatic N) is 1. The first-order valence-corrected chi connectivity index (χ1v) is 7.85. The maximum Gasteiger partial charge on any atom is 0.224 e. The number of methoxy groups -OCH3 is 1. The van der Waals surface area contributed by atoms with Gasteiger partial charge in [-0.1, -0.05) is 36.4 Å². The summed E-state index contributed by atoms with van der Waals surface area (Å²) in [7, 11) is 3.68. The second-order valence-corrected chi connectivity index (χ2v) is 5.45. The van der Waals surface area contributed by atoms with Gasteiger partial charge in [-0.2, -0.15) is 0 Å². The number of rotatable bonds is 8. The molecule has 0 aromatic heterocycles. The fourth-order valence-electron chi connectivity index (χ4n) is 2.44. The lowest BCUT2D eigenvalue weighted by atomic mass is 10.1. The molecular weight excluding hydrogens is 288 g/mol. The smallest absolute Gasteiger partial charge is 0.224 e. The van der Waals surface area contributed by atoms with E-state index in [2.05, 4.69) is 29.4 Å². The van der Waals surface area contributed by atoms with Crippen molar-refractivity contribution in [1.82, 2.24) is 5.32 Å². The number of ether oxygens (including phenoxy) is 1. The van der Waals surface area contributed by atoms with Gasteiger partial charge >= 0.3 is 0 Å². The second-order valence-electron chi connectivity index (χ2n) is 5.45. The molecule has 0 aliphatic rings. The summed E-state index contributed by atoms with van der Waals surface area (Å²) in [5.41, 5.74) is 2.10. The van der Waals surface area contributed by atoms with Gasteiger partial charge < -0.3 is 15.0 Å². The van der Waals surface area contributed by atoms with E-state index in [1.807, 2.05) is 42.5 Å². The molecule has 2 rings (SSSR count). The van der Waals surface area contributed by atoms with Gasteiger partial charge in [-0.3, -0.25) is 4.79 Å². The minimum atomic E-state index is 0.0249. The summed E-state index contributed by atoms with van der Waals surface area (Å²) in [5.74, 6) is 0.781. The van der Waals surface area contributed by atoms with Crippen LogP contribution in [0, 0.1) is 0 Å². The number of hydrogen-bond acceptors (Lipinski definition) is 3. The standard InChI is InChI=1S/C19H24N2O2/c1-21(17-10-4-3-5-11-17)14-8-13-20-19(22)15-16-9-6-7-12-18(16)23-2/h3-7,9-12H,8,13-15H2,1-2H3,(H,20,22). The van der Waals surface area contributed by atoms with Gasteiger partial charge in [0, 0.05) is 31.4 Å². The van der Waals surface area contributed by atoms with Crippen LogP contribution in [0.1, 0.15) is 12.0 Å². The monoisotopic (exact) mass is 312 g/mol. The average molecular weight is 312 g/mol. The number of carbonyl (C=O) groups excluding carboxylic acids is 1. The van der Waals surface area contributed by atoms with E-state index in [9.17, 15) is 4.79 Å². The highest BCUT2D eigenvalue weighted by Gasteiger charge is 2.07. The van der Waals surface area contributed by atoms with Crippen molar-refractivity contribution in [3.8, 4) is 5.75 Å². The maximum absolute atomic E-state index is 12.0. The molecule has 0 aliphatic carbocycles. The van der Waals surface area contributed by atoms with Gasteiger partial charge in [-0.25, -0.2) is 0 Å². The summed E-state index contributed by atoms with van der Waals surface area (Å²) in [6, 6.07) is 17.8. The Morgan fingerprint density at radius 1 is 1.09 bits per heavy atom. The molecule has 1 N–H and O–H groups in total. The second kappa shape index (κ2) is 8.83. The van der Waals surface area contributed by atoms with E-state index in [-0.39, 0.29) is 5.91 Å². The molecule has 0 aliphatic heterocycles. The summed E-state index contributed by atoms with van der Waals surface area (Å²) >= 11 is 0. The Hall–Kier alpha value is -2.49. The molecule has 4 heteroatoms. The van der Waals surface area contributed by atoms with Crippen molar-refractivity contribution < 1.29 is 9.53 Å². The molecule has 2 aromatic carbocycles. The Labute approximate surface area is 138 Å². The zero-order chi connectivity index (χ0) is 16.5. The molecular formula is C19H24N2O2. The van der Waals surface area contributed by atoms with Crippen LogP contribution in [0.15, 0.2) is 54.6 Å². The van der Waals surface area contributed by atoms with Crippen molar-refractivity contribution in [2.24, 2.45) is 0 Å². The third kappa shape index (κ3) is 5.33. The van der Waals surface area contributed by atoms with E-state index in [0.29, 0.717) is 13.0 Å². The van der Waals surface area contributed by atoms with Crippen molar-refractivity contribution in [1.29, 1.82) is 0 Å². The molecule has 23 heavy (non-hydrogen) atoms. The van der Waals surface area contributed by atoms with Crippen LogP contribution >= 0.6 is 0 Å². The highest BCUT2D eigenvalue weighted by Crippen LogP contribution is 2.17. The molecule has 4 nitrogen and oxygen atoms in total. The lowest BCUT2D eigenvalue weighted by Crippen LogP contribution is -2.29. The van der Waals surface area contributed by atoms with Crippen LogP contribution in [0.4, 0.5) is 5.69 Å². The Morgan fingerprint density at radius 2 is 1.78 bits per heavy atom. The van der Waals surface area contributed by atoms with Gasteiger partial charge in [0.2, 0.25) is 5.91 Å². The van der Waals surface area contributed by atoms with E-state index in [1.165, 1.54) is 5.69 Å². The number of nitrogens with one attached hydrogen (secondary N) is 1. The lowest BCUT2D eigenvalue weighted by Gasteiger charge is -2.19. The fourth-order valence-corrected chi connectivity index (χ4v) is 2.44. The average Bonchev–Trinajstić information content (AvgIpc) is 2.59. The van der Waals surface area contributed by atoms with Crippen molar-refractivity contribution in [2.75, 3.05) is 32.1 Å². The number of carbonyl (C=O) groups is 1. The maximum atomic E-state index is 12.0. The van der Waals surface area contributed by atoms with Crippen LogP contribution in [0.5, 0.6) is 5.75 Å². The molecule has 0 spiro atoms. The quantitative estimate of drug-likeness (QED) is 0.762. The first-order chi connectivity index (χ1) is 11.2. The van der Waals surface area contributed by atoms with Gasteiger partial charge in [0.25, 0.3) is 0 Å². The largest absolute Gasteiger partial charge is 0.496 e. The molecule has 0 saturated heterocycles. The van der Waals surface area contributed by atoms with Gasteiger partial charge in [-0.15, -0.1) is 0 Å². The fraction of sp³-hybridized carbons (Fsp3) is 0.316. The van der Waals surface area contributed by atoms with Crippen molar-refractivity contribution in [2.45, 2.75) is 12.8 Å². The number of hydrogen-bond donors (Lipinski definition) is 1. The highest BCUT2D eigenvalue weighted by molar-refractivity contribution is 5.79. The van der Waals surface area contributed by atoms with Crippen molar-refractivity contribution >= 4 is 11.6 Å². The molecule has 122 valence electrons. The van der Waals surface area contributed by atoms with Crippen LogP contribution in [0.3, 0.4) is 0 Å². The van der Waals surface area contributed by atoms with Gasteiger partial charge in [0.1, 0.15) is 5.75 Å². The summed E-state index contributed by atoms with van der Waals surface area (Å²) in [4.78, 5) is 14.2. The van der Waals surface area contributed by atoms with Crippen LogP contribution in [-0.4, -0.2) is 33.2 Å². The zero-order valence-electron chi connectivity index (χ0n) is 13.8. The summed E-state index contributed by atoms with van der Waals surface area (Å²) < 4.78 is 5.27. The van der Waals surface area contributed by atoms with Gasteiger partial charge in [0.05, 0.1) is 13.5 Å². The van der Waals surface area contributed by atoms with E-state index in [1.54, 1.807) is 7.11 Å². The van der Waals surface area contributed by atoms with Gasteiger partial charge in [-0.05, 0) is 24.6 Å². The van der Waals surface area contributed by atoms with Crippen LogP contribution in [-0.2, 0) is 11.2 Å². The lowest BCUT2D eigenvalue weighted by molar-refractivity contribution is -0.120. The number of anilines is 1. The van der Waals surface area contributed by atoms with Crippen LogP contribution in [0.2, 0.25) is 0 Å². The van der Waals surface area contributed by atoms with E-state index >= 15 is 0 Å². The Bertz CT molecular complexity index is 614. The molecule has 1 amide bonds. The molecule has 0 unspecified atom stereocenters. The summed E-state index contributed by atoms with van der Waals surface area (Å²) in [6.07, 6.45) is 1.25. The molecule has 0 atom stereocenters. The SMILES string of the molecule is COc1ccccc1CC(=O)NCCCN(C)c1ccccc1. The first kappa shape index (κ1) is 16.9. The zero-order valence-corrected chi connectivity index (χ0v) is 13.8. The summed E-state index contributed by atoms with van der Waals surface area (Å²) in [5, 5.41) is 2.97. The van der Waals surface area contributed by atoms with Crippen LogP contribution in [0.25, 0.3) is 0 Å². The van der Waals surface area contributed by atoms with E-state index in [4.69, 9.17) is 4.74 Å². The topological polar surface area (TPSA) is 41.6 Å². The molecule has 0 bridgehead atoms. The van der Waals surface area contributed by atoms with Crippen molar-refractivity contribution in [3.63, 3.8) is 0 Å². The molecule has 0 saturated carbocycles. The molecule has 0 radical (unpaired) electrons. The minimum Gasteiger partial charge on any atom is -0.496 e. The predicted octanol–water partition coefficient (Wildman–Crippen LogP) is 2.88. The van der Waals surface area contributed by atoms with Crippen molar-refractivity contribution in [3.05, 3.63) is 60.2 Å². The predicted molar refractivity (Wildman–Crippen MR) is 94.0 cm³/mol. The van der Waals surface area contributed by atoms with Crippen LogP contribution < -0.4 is 15.0 Å². The van der Waals surface area contributed by atoms with Gasteiger partial charge in [0.15, 0.2) is 0 Å². The third-order valence-corrected chi connectivity index (χ3v) is 3.73. The summed E-state index contributed by atoms with van der Waals surface area (Å²) in [6.45, 7) is 1.57. The Morgan fingerprint density at radius 3 is 2.52 bits per heavy atom. The number of amides is 1. The number of para-hydroxylation sites is 2. The number of benzene rings is 2. The third-order valence-electron chi connectivity index (χ3n) is 3.73. The molecule has 0 heterocycles. The normalized spacial score (nSPS) is 10.2. The van der Waals surface area contributed by atoms with E-state index in [0.717, 1.165) is 24.3 Å². The first-order valence-electron chi connectivity index (χ1n) is 7.85. The Balaban J connectivity index is 1.71. The minimum absolute atomic E-state index is 0.0249.